The average Bonchev–Trinajstić information content (AvgIpc) is 2.91. The van der Waals surface area contributed by atoms with Crippen molar-refractivity contribution in [1.82, 2.24) is 0 Å². The van der Waals surface area contributed by atoms with Gasteiger partial charge in [-0.15, -0.1) is 0 Å². The molecule has 1 unspecified atom stereocenters. The molecule has 4 heteroatoms. The van der Waals surface area contributed by atoms with Gasteiger partial charge in [-0.2, -0.15) is 0 Å². The fraction of sp³-hybridized carbons (Fsp3) is 0.316. The van der Waals surface area contributed by atoms with Crippen molar-refractivity contribution in [3.63, 3.8) is 0 Å². The Labute approximate surface area is 136 Å². The van der Waals surface area contributed by atoms with E-state index in [1.807, 2.05) is 61.5 Å². The summed E-state index contributed by atoms with van der Waals surface area (Å²) in [4.78, 5) is 14.7. The average molecular weight is 311 g/mol. The minimum Gasteiger partial charge on any atom is -0.497 e. The molecule has 1 heterocycles. The summed E-state index contributed by atoms with van der Waals surface area (Å²) < 4.78 is 5.15. The van der Waals surface area contributed by atoms with Gasteiger partial charge in [-0.3, -0.25) is 4.79 Å². The Balaban J connectivity index is 1.85. The van der Waals surface area contributed by atoms with Crippen LogP contribution in [0.2, 0.25) is 0 Å². The van der Waals surface area contributed by atoms with Crippen molar-refractivity contribution >= 4 is 11.6 Å². The van der Waals surface area contributed by atoms with Gasteiger partial charge < -0.3 is 14.7 Å². The van der Waals surface area contributed by atoms with Gasteiger partial charge >= 0.3 is 0 Å². The Morgan fingerprint density at radius 1 is 1.13 bits per heavy atom. The Kier molecular flexibility index (Phi) is 4.09. The molecular formula is C19H21NO3. The minimum absolute atomic E-state index is 0.0426. The first kappa shape index (κ1) is 15.6. The summed E-state index contributed by atoms with van der Waals surface area (Å²) in [6, 6.07) is 16.8. The topological polar surface area (TPSA) is 49.8 Å². The van der Waals surface area contributed by atoms with Crippen molar-refractivity contribution in [3.05, 3.63) is 60.2 Å². The van der Waals surface area contributed by atoms with Gasteiger partial charge in [-0.1, -0.05) is 30.3 Å². The molecule has 0 aliphatic carbocycles. The van der Waals surface area contributed by atoms with E-state index >= 15 is 0 Å². The van der Waals surface area contributed by atoms with Crippen LogP contribution in [0.1, 0.15) is 25.0 Å². The van der Waals surface area contributed by atoms with Gasteiger partial charge in [0.05, 0.1) is 18.6 Å². The number of aliphatic hydroxyl groups is 1. The largest absolute Gasteiger partial charge is 0.497 e. The number of nitrogens with zero attached hydrogens (tertiary/aromatic N) is 1. The zero-order valence-electron chi connectivity index (χ0n) is 13.4. The number of carbonyl (C=O) groups excluding carboxylic acids is 1. The summed E-state index contributed by atoms with van der Waals surface area (Å²) in [5.74, 6) is 0.714. The Hall–Kier alpha value is -2.33. The normalized spacial score (nSPS) is 22.2. The molecule has 1 aliphatic rings. The van der Waals surface area contributed by atoms with Crippen molar-refractivity contribution in [2.24, 2.45) is 5.41 Å². The van der Waals surface area contributed by atoms with E-state index in [0.29, 0.717) is 13.0 Å². The zero-order valence-corrected chi connectivity index (χ0v) is 13.4. The predicted molar refractivity (Wildman–Crippen MR) is 89.5 cm³/mol. The minimum atomic E-state index is -0.806. The monoisotopic (exact) mass is 311 g/mol. The number of carbonyl (C=O) groups is 1. The molecular weight excluding hydrogens is 290 g/mol. The number of methoxy groups -OCH3 is 1. The third kappa shape index (κ3) is 2.70. The highest BCUT2D eigenvalue weighted by Gasteiger charge is 2.48. The van der Waals surface area contributed by atoms with Gasteiger partial charge in [0.1, 0.15) is 5.75 Å². The number of ether oxygens (including phenoxy) is 1. The number of aliphatic hydroxyl groups excluding tert-OH is 1. The summed E-state index contributed by atoms with van der Waals surface area (Å²) in [6.45, 7) is 2.45. The van der Waals surface area contributed by atoms with E-state index < -0.39 is 11.5 Å². The Bertz CT molecular complexity index is 684. The van der Waals surface area contributed by atoms with Crippen molar-refractivity contribution in [2.75, 3.05) is 18.6 Å². The molecule has 2 aromatic rings. The van der Waals surface area contributed by atoms with E-state index in [0.717, 1.165) is 17.0 Å². The summed E-state index contributed by atoms with van der Waals surface area (Å²) >= 11 is 0. The van der Waals surface area contributed by atoms with Crippen LogP contribution in [0.4, 0.5) is 5.69 Å². The molecule has 0 saturated carbocycles. The summed E-state index contributed by atoms with van der Waals surface area (Å²) in [5, 5.41) is 10.7. The summed E-state index contributed by atoms with van der Waals surface area (Å²) in [6.07, 6.45) is -0.187. The van der Waals surface area contributed by atoms with Gasteiger partial charge in [0.2, 0.25) is 5.91 Å². The highest BCUT2D eigenvalue weighted by Crippen LogP contribution is 2.44. The van der Waals surface area contributed by atoms with Gasteiger partial charge in [0.25, 0.3) is 0 Å². The maximum Gasteiger partial charge on any atom is 0.235 e. The van der Waals surface area contributed by atoms with Crippen LogP contribution >= 0.6 is 0 Å². The second kappa shape index (κ2) is 6.05. The first-order chi connectivity index (χ1) is 11.1. The molecule has 120 valence electrons. The number of anilines is 1. The molecule has 23 heavy (non-hydrogen) atoms. The molecule has 1 amide bonds. The highest BCUT2D eigenvalue weighted by molar-refractivity contribution is 6.00. The molecule has 4 nitrogen and oxygen atoms in total. The molecule has 0 spiro atoms. The molecule has 1 N–H and O–H groups in total. The maximum atomic E-state index is 12.9. The standard InChI is InChI=1S/C19H21NO3/c1-19(17(21)14-6-4-3-5-7-14)12-13-20(18(19)22)15-8-10-16(23-2)11-9-15/h3-11,17,21H,12-13H2,1-2H3/t17?,19-/m0/s1. The van der Waals surface area contributed by atoms with E-state index in [1.165, 1.54) is 0 Å². The van der Waals surface area contributed by atoms with Crippen LogP contribution in [0, 0.1) is 5.41 Å². The number of hydrogen-bond donors (Lipinski definition) is 1. The number of rotatable bonds is 4. The number of benzene rings is 2. The molecule has 2 atom stereocenters. The van der Waals surface area contributed by atoms with Crippen molar-refractivity contribution < 1.29 is 14.6 Å². The van der Waals surface area contributed by atoms with Crippen LogP contribution in [0.15, 0.2) is 54.6 Å². The maximum absolute atomic E-state index is 12.9. The van der Waals surface area contributed by atoms with Crippen LogP contribution < -0.4 is 9.64 Å². The molecule has 2 aromatic carbocycles. The van der Waals surface area contributed by atoms with Gasteiger partial charge in [-0.25, -0.2) is 0 Å². The smallest absolute Gasteiger partial charge is 0.235 e. The molecule has 0 aromatic heterocycles. The van der Waals surface area contributed by atoms with Crippen LogP contribution in [0.5, 0.6) is 5.75 Å². The second-order valence-corrected chi connectivity index (χ2v) is 6.14. The van der Waals surface area contributed by atoms with Crippen LogP contribution in [0.3, 0.4) is 0 Å². The quantitative estimate of drug-likeness (QED) is 0.943. The molecule has 1 saturated heterocycles. The lowest BCUT2D eigenvalue weighted by atomic mass is 9.79. The van der Waals surface area contributed by atoms with E-state index in [2.05, 4.69) is 0 Å². The molecule has 1 aliphatic heterocycles. The fourth-order valence-electron chi connectivity index (χ4n) is 3.13. The Morgan fingerprint density at radius 3 is 2.39 bits per heavy atom. The van der Waals surface area contributed by atoms with Crippen LogP contribution in [-0.2, 0) is 4.79 Å². The molecule has 0 radical (unpaired) electrons. The van der Waals surface area contributed by atoms with Gasteiger partial charge in [-0.05, 0) is 43.2 Å². The van der Waals surface area contributed by atoms with E-state index in [9.17, 15) is 9.90 Å². The summed E-state index contributed by atoms with van der Waals surface area (Å²) in [5.41, 5.74) is 0.807. The van der Waals surface area contributed by atoms with Crippen molar-refractivity contribution in [3.8, 4) is 5.75 Å². The van der Waals surface area contributed by atoms with E-state index in [4.69, 9.17) is 4.74 Å². The first-order valence-electron chi connectivity index (χ1n) is 7.75. The number of hydrogen-bond acceptors (Lipinski definition) is 3. The third-order valence-corrected chi connectivity index (χ3v) is 4.69. The van der Waals surface area contributed by atoms with Crippen LogP contribution in [0.25, 0.3) is 0 Å². The van der Waals surface area contributed by atoms with Gasteiger partial charge in [0, 0.05) is 12.2 Å². The fourth-order valence-corrected chi connectivity index (χ4v) is 3.13. The lowest BCUT2D eigenvalue weighted by Gasteiger charge is -2.29. The molecule has 0 bridgehead atoms. The van der Waals surface area contributed by atoms with Crippen molar-refractivity contribution in [1.29, 1.82) is 0 Å². The zero-order chi connectivity index (χ0) is 16.4. The van der Waals surface area contributed by atoms with Gasteiger partial charge in [0.15, 0.2) is 0 Å². The lowest BCUT2D eigenvalue weighted by molar-refractivity contribution is -0.130. The summed E-state index contributed by atoms with van der Waals surface area (Å²) in [7, 11) is 1.61. The predicted octanol–water partition coefficient (Wildman–Crippen LogP) is 3.17. The van der Waals surface area contributed by atoms with Crippen molar-refractivity contribution in [2.45, 2.75) is 19.4 Å². The van der Waals surface area contributed by atoms with E-state index in [-0.39, 0.29) is 5.91 Å². The lowest BCUT2D eigenvalue weighted by Crippen LogP contribution is -2.36. The second-order valence-electron chi connectivity index (χ2n) is 6.14. The Morgan fingerprint density at radius 2 is 1.78 bits per heavy atom. The first-order valence-corrected chi connectivity index (χ1v) is 7.75. The van der Waals surface area contributed by atoms with Crippen LogP contribution in [-0.4, -0.2) is 24.7 Å². The SMILES string of the molecule is COc1ccc(N2CC[C@@](C)(C(O)c3ccccc3)C2=O)cc1. The molecule has 3 rings (SSSR count). The van der Waals surface area contributed by atoms with E-state index in [1.54, 1.807) is 12.0 Å². The number of amides is 1. The third-order valence-electron chi connectivity index (χ3n) is 4.69. The molecule has 1 fully saturated rings. The highest BCUT2D eigenvalue weighted by atomic mass is 16.5.